The van der Waals surface area contributed by atoms with Crippen molar-refractivity contribution < 1.29 is 18.9 Å². The van der Waals surface area contributed by atoms with E-state index < -0.39 is 7.82 Å². The molecular weight excluding hydrogens is 287 g/mol. The highest BCUT2D eigenvalue weighted by molar-refractivity contribution is 7.46. The molecule has 1 rings (SSSR count). The second-order valence-electron chi connectivity index (χ2n) is 5.29. The van der Waals surface area contributed by atoms with Crippen molar-refractivity contribution in [1.29, 1.82) is 0 Å². The number of phosphoric ester groups is 1. The lowest BCUT2D eigenvalue weighted by molar-refractivity contribution is 0.280. The minimum atomic E-state index is -4.53. The van der Waals surface area contributed by atoms with Crippen molar-refractivity contribution >= 4 is 7.82 Å². The summed E-state index contributed by atoms with van der Waals surface area (Å²) in [5.41, 5.74) is 2.35. The summed E-state index contributed by atoms with van der Waals surface area (Å²) in [5, 5.41) is 0. The molecule has 2 N–H and O–H groups in total. The lowest BCUT2D eigenvalue weighted by Crippen LogP contribution is -2.14. The van der Waals surface area contributed by atoms with E-state index in [0.717, 1.165) is 16.7 Å². The maximum atomic E-state index is 11.0. The highest BCUT2D eigenvalue weighted by atomic mass is 31.2. The van der Waals surface area contributed by atoms with Gasteiger partial charge in [0.05, 0.1) is 0 Å². The average Bonchev–Trinajstić information content (AvgIpc) is 2.35. The van der Waals surface area contributed by atoms with E-state index >= 15 is 0 Å². The van der Waals surface area contributed by atoms with Crippen LogP contribution < -0.4 is 4.52 Å². The van der Waals surface area contributed by atoms with E-state index in [1.54, 1.807) is 6.92 Å². The molecule has 0 aliphatic heterocycles. The van der Waals surface area contributed by atoms with E-state index in [1.807, 2.05) is 67.5 Å². The Bertz CT molecular complexity index is 470. The molecule has 0 unspecified atom stereocenters. The van der Waals surface area contributed by atoms with Crippen LogP contribution in [0.15, 0.2) is 12.1 Å². The van der Waals surface area contributed by atoms with Gasteiger partial charge in [-0.15, -0.1) is 0 Å². The lowest BCUT2D eigenvalue weighted by Gasteiger charge is -2.24. The second kappa shape index (κ2) is 9.24. The van der Waals surface area contributed by atoms with Gasteiger partial charge in [-0.2, -0.15) is 0 Å². The molecule has 5 heteroatoms. The third-order valence-corrected chi connectivity index (χ3v) is 2.86. The van der Waals surface area contributed by atoms with Crippen LogP contribution in [0.4, 0.5) is 0 Å². The molecule has 124 valence electrons. The molecule has 0 spiro atoms. The molecule has 21 heavy (non-hydrogen) atoms. The molecule has 4 nitrogen and oxygen atoms in total. The summed E-state index contributed by atoms with van der Waals surface area (Å²) < 4.78 is 15.8. The maximum Gasteiger partial charge on any atom is 0.524 e. The Hall–Kier alpha value is -0.830. The van der Waals surface area contributed by atoms with Crippen LogP contribution in [-0.2, 0) is 9.98 Å². The maximum absolute atomic E-state index is 11.0. The van der Waals surface area contributed by atoms with Gasteiger partial charge >= 0.3 is 7.82 Å². The highest BCUT2D eigenvalue weighted by Crippen LogP contribution is 2.44. The Balaban J connectivity index is 0. The van der Waals surface area contributed by atoms with Gasteiger partial charge in [-0.25, -0.2) is 4.57 Å². The number of hydrogen-bond donors (Lipinski definition) is 2. The van der Waals surface area contributed by atoms with Gasteiger partial charge in [0.15, 0.2) is 0 Å². The number of phosphoric acid groups is 1. The minimum absolute atomic E-state index is 0.235. The van der Waals surface area contributed by atoms with Crippen molar-refractivity contribution in [3.63, 3.8) is 0 Å². The molecule has 0 saturated carbocycles. The van der Waals surface area contributed by atoms with Gasteiger partial charge in [0.1, 0.15) is 5.75 Å². The Morgan fingerprint density at radius 1 is 1.00 bits per heavy atom. The number of rotatable bonds is 2. The third-order valence-electron chi connectivity index (χ3n) is 2.44. The molecule has 0 aliphatic rings. The summed E-state index contributed by atoms with van der Waals surface area (Å²) in [7, 11) is -4.53. The zero-order valence-electron chi connectivity index (χ0n) is 14.8. The molecule has 1 aromatic rings. The van der Waals surface area contributed by atoms with Crippen molar-refractivity contribution in [1.82, 2.24) is 0 Å². The first kappa shape index (κ1) is 22.5. The van der Waals surface area contributed by atoms with Crippen LogP contribution in [0.25, 0.3) is 0 Å². The summed E-state index contributed by atoms with van der Waals surface area (Å²) in [6.45, 7) is 17.7. The Kier molecular flexibility index (Phi) is 9.88. The minimum Gasteiger partial charge on any atom is -0.404 e. The first-order valence-corrected chi connectivity index (χ1v) is 8.90. The standard InChI is InChI=1S/C12H19O4P.2C2H6/c1-8-6-9(2)11(16-17(13,14)15)10(7-8)12(3,4)5;2*1-2/h6-7H,1-5H3,(H2,13,14,15);2*1-2H3. The fourth-order valence-electron chi connectivity index (χ4n) is 1.75. The van der Waals surface area contributed by atoms with Gasteiger partial charge in [-0.05, 0) is 24.8 Å². The molecular formula is C16H31O4P. The van der Waals surface area contributed by atoms with Crippen molar-refractivity contribution in [2.45, 2.75) is 67.7 Å². The van der Waals surface area contributed by atoms with Crippen LogP contribution in [0.2, 0.25) is 0 Å². The molecule has 0 saturated heterocycles. The van der Waals surface area contributed by atoms with Gasteiger partial charge in [0.25, 0.3) is 0 Å². The lowest BCUT2D eigenvalue weighted by atomic mass is 9.84. The summed E-state index contributed by atoms with van der Waals surface area (Å²) in [6, 6.07) is 3.75. The van der Waals surface area contributed by atoms with E-state index in [0.29, 0.717) is 0 Å². The number of benzene rings is 1. The van der Waals surface area contributed by atoms with Crippen molar-refractivity contribution in [2.75, 3.05) is 0 Å². The van der Waals surface area contributed by atoms with Crippen LogP contribution in [0.3, 0.4) is 0 Å². The van der Waals surface area contributed by atoms with Crippen LogP contribution >= 0.6 is 7.82 Å². The zero-order chi connectivity index (χ0) is 17.4. The van der Waals surface area contributed by atoms with Gasteiger partial charge in [0, 0.05) is 5.56 Å². The highest BCUT2D eigenvalue weighted by Gasteiger charge is 2.26. The molecule has 0 amide bonds. The quantitative estimate of drug-likeness (QED) is 0.742. The first-order valence-electron chi connectivity index (χ1n) is 7.37. The van der Waals surface area contributed by atoms with E-state index in [-0.39, 0.29) is 11.2 Å². The summed E-state index contributed by atoms with van der Waals surface area (Å²) in [6.07, 6.45) is 0. The predicted octanol–water partition coefficient (Wildman–Crippen LogP) is 5.12. The normalized spacial score (nSPS) is 10.8. The van der Waals surface area contributed by atoms with E-state index in [4.69, 9.17) is 14.3 Å². The monoisotopic (exact) mass is 318 g/mol. The zero-order valence-corrected chi connectivity index (χ0v) is 15.7. The summed E-state index contributed by atoms with van der Waals surface area (Å²) >= 11 is 0. The molecule has 0 bridgehead atoms. The molecule has 0 fully saturated rings. The number of hydrogen-bond acceptors (Lipinski definition) is 2. The van der Waals surface area contributed by atoms with Gasteiger partial charge in [-0.1, -0.05) is 66.2 Å². The summed E-state index contributed by atoms with van der Waals surface area (Å²) in [4.78, 5) is 17.9. The molecule has 0 aromatic heterocycles. The van der Waals surface area contributed by atoms with E-state index in [9.17, 15) is 4.57 Å². The largest absolute Gasteiger partial charge is 0.524 e. The predicted molar refractivity (Wildman–Crippen MR) is 90.0 cm³/mol. The van der Waals surface area contributed by atoms with Crippen molar-refractivity contribution in [3.05, 3.63) is 28.8 Å². The first-order chi connectivity index (χ1) is 9.50. The van der Waals surface area contributed by atoms with E-state index in [2.05, 4.69) is 0 Å². The molecule has 0 atom stereocenters. The summed E-state index contributed by atoms with van der Waals surface area (Å²) in [5.74, 6) is 0.288. The topological polar surface area (TPSA) is 66.8 Å². The van der Waals surface area contributed by atoms with Crippen LogP contribution in [0, 0.1) is 13.8 Å². The SMILES string of the molecule is CC.CC.Cc1cc(C)c(OP(=O)(O)O)c(C(C)(C)C)c1. The van der Waals surface area contributed by atoms with Gasteiger partial charge in [-0.3, -0.25) is 9.79 Å². The second-order valence-corrected chi connectivity index (χ2v) is 6.45. The fraction of sp³-hybridized carbons (Fsp3) is 0.625. The van der Waals surface area contributed by atoms with Crippen molar-refractivity contribution in [2.24, 2.45) is 0 Å². The average molecular weight is 318 g/mol. The van der Waals surface area contributed by atoms with Crippen molar-refractivity contribution in [3.8, 4) is 5.75 Å². The van der Waals surface area contributed by atoms with Crippen LogP contribution in [0.1, 0.15) is 65.2 Å². The Morgan fingerprint density at radius 2 is 1.43 bits per heavy atom. The third kappa shape index (κ3) is 8.25. The fourth-order valence-corrected chi connectivity index (χ4v) is 2.23. The van der Waals surface area contributed by atoms with Crippen LogP contribution in [-0.4, -0.2) is 9.79 Å². The smallest absolute Gasteiger partial charge is 0.404 e. The Morgan fingerprint density at radius 3 is 1.76 bits per heavy atom. The van der Waals surface area contributed by atoms with Crippen LogP contribution in [0.5, 0.6) is 5.75 Å². The van der Waals surface area contributed by atoms with E-state index in [1.165, 1.54) is 0 Å². The molecule has 0 radical (unpaired) electrons. The molecule has 1 aromatic carbocycles. The van der Waals surface area contributed by atoms with Gasteiger partial charge < -0.3 is 4.52 Å². The van der Waals surface area contributed by atoms with Gasteiger partial charge in [0.2, 0.25) is 0 Å². The number of aryl methyl sites for hydroxylation is 2. The molecule has 0 heterocycles. The molecule has 0 aliphatic carbocycles. The Labute approximate surface area is 129 Å².